The third-order valence-electron chi connectivity index (χ3n) is 3.38. The van der Waals surface area contributed by atoms with E-state index in [9.17, 15) is 4.79 Å². The summed E-state index contributed by atoms with van der Waals surface area (Å²) in [5, 5.41) is 0.577. The molecular weight excluding hydrogens is 356 g/mol. The fraction of sp³-hybridized carbons (Fsp3) is 0.211. The van der Waals surface area contributed by atoms with E-state index in [1.54, 1.807) is 37.3 Å². The van der Waals surface area contributed by atoms with Crippen molar-refractivity contribution in [1.82, 2.24) is 9.97 Å². The monoisotopic (exact) mass is 372 g/mol. The second kappa shape index (κ2) is 8.49. The van der Waals surface area contributed by atoms with Crippen LogP contribution in [0.5, 0.6) is 11.6 Å². The Bertz CT molecular complexity index is 889. The lowest BCUT2D eigenvalue weighted by Gasteiger charge is -2.19. The Morgan fingerprint density at radius 2 is 1.92 bits per heavy atom. The first-order valence-corrected chi connectivity index (χ1v) is 8.48. The molecule has 0 N–H and O–H groups in total. The summed E-state index contributed by atoms with van der Waals surface area (Å²) in [6, 6.07) is 14.3. The molecule has 0 fully saturated rings. The molecule has 0 saturated carbocycles. The number of carbonyl (C=O) groups excluding carboxylic acids is 1. The maximum atomic E-state index is 11.9. The molecule has 26 heavy (non-hydrogen) atoms. The smallest absolute Gasteiger partial charge is 0.313 e. The molecule has 0 saturated heterocycles. The van der Waals surface area contributed by atoms with Crippen molar-refractivity contribution in [1.29, 1.82) is 0 Å². The van der Waals surface area contributed by atoms with E-state index in [1.165, 1.54) is 6.20 Å². The van der Waals surface area contributed by atoms with E-state index < -0.39 is 12.3 Å². The molecule has 1 heterocycles. The molecule has 1 atom stereocenters. The van der Waals surface area contributed by atoms with Gasteiger partial charge >= 0.3 is 5.97 Å². The van der Waals surface area contributed by atoms with E-state index in [0.29, 0.717) is 21.8 Å². The quantitative estimate of drug-likeness (QED) is 0.461. The summed E-state index contributed by atoms with van der Waals surface area (Å²) in [5.74, 6) is 0.390. The number of ether oxygens (including phenoxy) is 3. The van der Waals surface area contributed by atoms with Crippen LogP contribution in [0.3, 0.4) is 0 Å². The van der Waals surface area contributed by atoms with Crippen LogP contribution in [0.25, 0.3) is 11.0 Å². The largest absolute Gasteiger partial charge is 0.466 e. The number of rotatable bonds is 7. The summed E-state index contributed by atoms with van der Waals surface area (Å²) in [5.41, 5.74) is 1.28. The van der Waals surface area contributed by atoms with Crippen molar-refractivity contribution in [3.05, 3.63) is 59.8 Å². The number of hydrogen-bond acceptors (Lipinski definition) is 6. The van der Waals surface area contributed by atoms with Gasteiger partial charge in [-0.05, 0) is 37.3 Å². The average Bonchev–Trinajstić information content (AvgIpc) is 2.63. The average molecular weight is 373 g/mol. The van der Waals surface area contributed by atoms with Gasteiger partial charge in [-0.3, -0.25) is 4.79 Å². The molecule has 0 bridgehead atoms. The second-order valence-electron chi connectivity index (χ2n) is 5.33. The zero-order valence-corrected chi connectivity index (χ0v) is 14.8. The van der Waals surface area contributed by atoms with Crippen LogP contribution in [0.4, 0.5) is 0 Å². The number of carbonyl (C=O) groups is 1. The van der Waals surface area contributed by atoms with Gasteiger partial charge in [-0.15, -0.1) is 0 Å². The molecule has 0 spiro atoms. The highest BCUT2D eigenvalue weighted by atomic mass is 35.5. The summed E-state index contributed by atoms with van der Waals surface area (Å²) in [6.45, 7) is 2.03. The van der Waals surface area contributed by atoms with Crippen molar-refractivity contribution >= 4 is 28.6 Å². The Labute approximate surface area is 155 Å². The second-order valence-corrected chi connectivity index (χ2v) is 5.77. The van der Waals surface area contributed by atoms with Crippen LogP contribution in [-0.4, -0.2) is 28.8 Å². The Kier molecular flexibility index (Phi) is 5.86. The first-order valence-electron chi connectivity index (χ1n) is 8.10. The molecule has 0 aliphatic rings. The van der Waals surface area contributed by atoms with Crippen LogP contribution < -0.4 is 9.47 Å². The Morgan fingerprint density at radius 3 is 2.69 bits per heavy atom. The molecule has 1 unspecified atom stereocenters. The molecule has 2 aromatic carbocycles. The minimum atomic E-state index is -0.893. The topological polar surface area (TPSA) is 70.5 Å². The number of nitrogens with zero attached hydrogens (tertiary/aromatic N) is 2. The third kappa shape index (κ3) is 4.83. The first-order chi connectivity index (χ1) is 12.6. The number of hydrogen-bond donors (Lipinski definition) is 0. The summed E-state index contributed by atoms with van der Waals surface area (Å²) in [4.78, 5) is 20.5. The van der Waals surface area contributed by atoms with Gasteiger partial charge in [0.2, 0.25) is 5.88 Å². The van der Waals surface area contributed by atoms with E-state index >= 15 is 0 Å². The minimum Gasteiger partial charge on any atom is -0.466 e. The lowest BCUT2D eigenvalue weighted by molar-refractivity contribution is -0.149. The van der Waals surface area contributed by atoms with Crippen LogP contribution in [0, 0.1) is 0 Å². The van der Waals surface area contributed by atoms with Gasteiger partial charge in [-0.1, -0.05) is 29.8 Å². The molecule has 7 heteroatoms. The number of para-hydroxylation sites is 1. The summed E-state index contributed by atoms with van der Waals surface area (Å²) >= 11 is 5.95. The van der Waals surface area contributed by atoms with Crippen LogP contribution in [0.2, 0.25) is 5.02 Å². The highest BCUT2D eigenvalue weighted by Crippen LogP contribution is 2.20. The van der Waals surface area contributed by atoms with Gasteiger partial charge < -0.3 is 14.2 Å². The molecule has 134 valence electrons. The number of fused-ring (bicyclic) bond motifs is 1. The molecular formula is C19H17ClN2O4. The minimum absolute atomic E-state index is 0.0803. The number of aromatic nitrogens is 2. The van der Waals surface area contributed by atoms with Gasteiger partial charge in [0.1, 0.15) is 12.2 Å². The lowest BCUT2D eigenvalue weighted by Crippen LogP contribution is -2.28. The van der Waals surface area contributed by atoms with Crippen molar-refractivity contribution in [2.45, 2.75) is 19.6 Å². The summed E-state index contributed by atoms with van der Waals surface area (Å²) < 4.78 is 16.5. The van der Waals surface area contributed by atoms with E-state index in [1.807, 2.05) is 18.2 Å². The molecule has 0 radical (unpaired) electrons. The zero-order chi connectivity index (χ0) is 18.4. The molecule has 0 amide bonds. The molecule has 1 aromatic heterocycles. The predicted molar refractivity (Wildman–Crippen MR) is 97.3 cm³/mol. The lowest BCUT2D eigenvalue weighted by atomic mass is 10.3. The number of esters is 1. The van der Waals surface area contributed by atoms with E-state index in [0.717, 1.165) is 0 Å². The van der Waals surface area contributed by atoms with E-state index in [2.05, 4.69) is 9.97 Å². The van der Waals surface area contributed by atoms with Gasteiger partial charge in [0.15, 0.2) is 0 Å². The van der Waals surface area contributed by atoms with Crippen LogP contribution in [-0.2, 0) is 9.53 Å². The fourth-order valence-corrected chi connectivity index (χ4v) is 2.44. The normalized spacial score (nSPS) is 11.8. The van der Waals surface area contributed by atoms with Gasteiger partial charge in [0.25, 0.3) is 6.29 Å². The highest BCUT2D eigenvalue weighted by Gasteiger charge is 2.19. The summed E-state index contributed by atoms with van der Waals surface area (Å²) in [7, 11) is 0. The molecule has 0 aliphatic carbocycles. The van der Waals surface area contributed by atoms with E-state index in [4.69, 9.17) is 25.8 Å². The SMILES string of the molecule is CCOC(=O)CC(Oc1ccccc1)Oc1cnc2cc(Cl)ccc2n1. The van der Waals surface area contributed by atoms with Crippen molar-refractivity contribution in [2.24, 2.45) is 0 Å². The molecule has 0 aliphatic heterocycles. The molecule has 6 nitrogen and oxygen atoms in total. The Hall–Kier alpha value is -2.86. The fourth-order valence-electron chi connectivity index (χ4n) is 2.27. The molecule has 3 rings (SSSR count). The van der Waals surface area contributed by atoms with E-state index in [-0.39, 0.29) is 18.9 Å². The number of benzene rings is 2. The van der Waals surface area contributed by atoms with Crippen molar-refractivity contribution in [3.8, 4) is 11.6 Å². The third-order valence-corrected chi connectivity index (χ3v) is 3.62. The van der Waals surface area contributed by atoms with Crippen molar-refractivity contribution in [3.63, 3.8) is 0 Å². The van der Waals surface area contributed by atoms with Crippen LogP contribution >= 0.6 is 11.6 Å². The maximum Gasteiger partial charge on any atom is 0.313 e. The van der Waals surface area contributed by atoms with Gasteiger partial charge in [-0.2, -0.15) is 0 Å². The Balaban J connectivity index is 1.79. The van der Waals surface area contributed by atoms with Gasteiger partial charge in [-0.25, -0.2) is 9.97 Å². The number of halogens is 1. The zero-order valence-electron chi connectivity index (χ0n) is 14.1. The summed E-state index contributed by atoms with van der Waals surface area (Å²) in [6.07, 6.45) is 0.490. The van der Waals surface area contributed by atoms with Gasteiger partial charge in [0.05, 0.1) is 23.8 Å². The predicted octanol–water partition coefficient (Wildman–Crippen LogP) is 4.02. The highest BCUT2D eigenvalue weighted by molar-refractivity contribution is 6.31. The standard InChI is InChI=1S/C19H17ClN2O4/c1-2-24-18(23)11-19(25-14-6-4-3-5-7-14)26-17-12-21-16-10-13(20)8-9-15(16)22-17/h3-10,12,19H,2,11H2,1H3. The van der Waals surface area contributed by atoms with Crippen molar-refractivity contribution < 1.29 is 19.0 Å². The van der Waals surface area contributed by atoms with Gasteiger partial charge in [0, 0.05) is 5.02 Å². The van der Waals surface area contributed by atoms with Crippen molar-refractivity contribution in [2.75, 3.05) is 6.61 Å². The van der Waals surface area contributed by atoms with Crippen LogP contribution in [0.15, 0.2) is 54.7 Å². The Morgan fingerprint density at radius 1 is 1.12 bits per heavy atom. The first kappa shape index (κ1) is 17.9. The maximum absolute atomic E-state index is 11.9. The molecule has 3 aromatic rings. The van der Waals surface area contributed by atoms with Crippen LogP contribution in [0.1, 0.15) is 13.3 Å².